The molecule has 0 spiro atoms. The van der Waals surface area contributed by atoms with Crippen molar-refractivity contribution in [2.45, 2.75) is 45.1 Å². The number of halogens is 4. The second-order valence-corrected chi connectivity index (χ2v) is 3.26. The van der Waals surface area contributed by atoms with Gasteiger partial charge in [0.05, 0.1) is 0 Å². The highest BCUT2D eigenvalue weighted by molar-refractivity contribution is 4.80. The zero-order chi connectivity index (χ0) is 11.2. The van der Waals surface area contributed by atoms with Gasteiger partial charge in [0.25, 0.3) is 0 Å². The maximum atomic E-state index is 13.0. The highest BCUT2D eigenvalue weighted by atomic mass is 19.4. The molecule has 0 bridgehead atoms. The largest absolute Gasteiger partial charge is 0.525 e. The van der Waals surface area contributed by atoms with Crippen LogP contribution in [-0.4, -0.2) is 24.3 Å². The van der Waals surface area contributed by atoms with Crippen LogP contribution in [0.1, 0.15) is 20.8 Å². The van der Waals surface area contributed by atoms with E-state index >= 15 is 0 Å². The van der Waals surface area contributed by atoms with Gasteiger partial charge in [-0.15, -0.1) is 13.2 Å². The third-order valence-electron chi connectivity index (χ3n) is 1.83. The highest BCUT2D eigenvalue weighted by Gasteiger charge is 2.56. The van der Waals surface area contributed by atoms with E-state index in [4.69, 9.17) is 0 Å². The van der Waals surface area contributed by atoms with Crippen molar-refractivity contribution in [3.8, 4) is 0 Å². The molecule has 0 aromatic carbocycles. The van der Waals surface area contributed by atoms with Gasteiger partial charge in [-0.1, -0.05) is 0 Å². The van der Waals surface area contributed by atoms with Gasteiger partial charge in [0.2, 0.25) is 5.79 Å². The molecule has 0 aliphatic carbocycles. The Hall–Kier alpha value is -0.400. The minimum absolute atomic E-state index is 0.870. The Labute approximate surface area is 77.9 Å². The molecule has 0 N–H and O–H groups in total. The SMILES string of the molecule is C[C@H]1OC(C)(F)OC1(C)OC(F)(F)F. The van der Waals surface area contributed by atoms with Gasteiger partial charge in [-0.25, -0.2) is 0 Å². The average Bonchev–Trinajstić information content (AvgIpc) is 1.94. The van der Waals surface area contributed by atoms with E-state index in [2.05, 4.69) is 14.2 Å². The third-order valence-corrected chi connectivity index (χ3v) is 1.83. The summed E-state index contributed by atoms with van der Waals surface area (Å²) in [6.45, 7) is 3.07. The van der Waals surface area contributed by atoms with E-state index in [0.29, 0.717) is 0 Å². The van der Waals surface area contributed by atoms with Crippen LogP contribution >= 0.6 is 0 Å². The van der Waals surface area contributed by atoms with Crippen molar-refractivity contribution in [3.05, 3.63) is 0 Å². The van der Waals surface area contributed by atoms with Crippen LogP contribution in [0.25, 0.3) is 0 Å². The summed E-state index contributed by atoms with van der Waals surface area (Å²) >= 11 is 0. The van der Waals surface area contributed by atoms with Crippen LogP contribution in [0.2, 0.25) is 0 Å². The molecule has 3 nitrogen and oxygen atoms in total. The molecule has 14 heavy (non-hydrogen) atoms. The van der Waals surface area contributed by atoms with Crippen LogP contribution in [-0.2, 0) is 14.2 Å². The summed E-state index contributed by atoms with van der Waals surface area (Å²) in [6.07, 6.45) is -6.05. The molecular weight excluding hydrogens is 208 g/mol. The highest BCUT2D eigenvalue weighted by Crippen LogP contribution is 2.41. The second-order valence-electron chi connectivity index (χ2n) is 3.26. The molecule has 84 valence electrons. The first-order valence-corrected chi connectivity index (χ1v) is 3.88. The van der Waals surface area contributed by atoms with Gasteiger partial charge in [0.1, 0.15) is 6.10 Å². The van der Waals surface area contributed by atoms with Gasteiger partial charge in [-0.2, -0.15) is 4.39 Å². The van der Waals surface area contributed by atoms with E-state index in [9.17, 15) is 17.6 Å². The quantitative estimate of drug-likeness (QED) is 0.632. The molecule has 1 fully saturated rings. The van der Waals surface area contributed by atoms with E-state index in [-0.39, 0.29) is 0 Å². The molecule has 0 aromatic rings. The maximum absolute atomic E-state index is 13.0. The summed E-state index contributed by atoms with van der Waals surface area (Å²) in [5.74, 6) is -2.15. The number of rotatable bonds is 1. The standard InChI is InChI=1S/C7H10F4O3/c1-4-5(2,14-7(9,10)11)13-6(3,8)12-4/h4H,1-3H3/t4-,5?,6?/m1/s1. The predicted molar refractivity (Wildman–Crippen MR) is 36.7 cm³/mol. The summed E-state index contributed by atoms with van der Waals surface area (Å²) in [5.41, 5.74) is 0. The zero-order valence-corrected chi connectivity index (χ0v) is 7.81. The molecule has 7 heteroatoms. The van der Waals surface area contributed by atoms with E-state index < -0.39 is 24.3 Å². The van der Waals surface area contributed by atoms with Crippen LogP contribution in [0.5, 0.6) is 0 Å². The zero-order valence-electron chi connectivity index (χ0n) is 7.81. The van der Waals surface area contributed by atoms with Crippen molar-refractivity contribution in [3.63, 3.8) is 0 Å². The van der Waals surface area contributed by atoms with Gasteiger partial charge >= 0.3 is 12.4 Å². The minimum atomic E-state index is -4.90. The molecule has 0 amide bonds. The lowest BCUT2D eigenvalue weighted by molar-refractivity contribution is -0.421. The monoisotopic (exact) mass is 218 g/mol. The average molecular weight is 218 g/mol. The molecule has 0 aromatic heterocycles. The number of ether oxygens (including phenoxy) is 3. The summed E-state index contributed by atoms with van der Waals surface area (Å²) in [4.78, 5) is 0. The van der Waals surface area contributed by atoms with Crippen molar-refractivity contribution in [2.24, 2.45) is 0 Å². The molecular formula is C7H10F4O3. The first-order valence-electron chi connectivity index (χ1n) is 3.88. The lowest BCUT2D eigenvalue weighted by atomic mass is 10.2. The number of hydrogen-bond acceptors (Lipinski definition) is 3. The predicted octanol–water partition coefficient (Wildman–Crippen LogP) is 2.32. The van der Waals surface area contributed by atoms with E-state index in [0.717, 1.165) is 13.8 Å². The Kier molecular flexibility index (Phi) is 2.54. The van der Waals surface area contributed by atoms with Crippen LogP contribution in [0.15, 0.2) is 0 Å². The minimum Gasteiger partial charge on any atom is -0.315 e. The fourth-order valence-electron chi connectivity index (χ4n) is 1.23. The van der Waals surface area contributed by atoms with Crippen molar-refractivity contribution in [1.29, 1.82) is 0 Å². The summed E-state index contributed by atoms with van der Waals surface area (Å²) in [7, 11) is 0. The van der Waals surface area contributed by atoms with Crippen molar-refractivity contribution in [2.75, 3.05) is 0 Å². The molecule has 1 rings (SSSR count). The molecule has 0 radical (unpaired) electrons. The molecule has 1 aliphatic heterocycles. The number of alkyl halides is 4. The van der Waals surface area contributed by atoms with Gasteiger partial charge in [-0.05, 0) is 13.8 Å². The van der Waals surface area contributed by atoms with Crippen LogP contribution in [0.3, 0.4) is 0 Å². The van der Waals surface area contributed by atoms with Crippen LogP contribution < -0.4 is 0 Å². The Balaban J connectivity index is 2.76. The first-order chi connectivity index (χ1) is 6.04. The van der Waals surface area contributed by atoms with Crippen molar-refractivity contribution >= 4 is 0 Å². The van der Waals surface area contributed by atoms with Gasteiger partial charge in [0.15, 0.2) is 0 Å². The summed E-state index contributed by atoms with van der Waals surface area (Å²) < 4.78 is 61.3. The lowest BCUT2D eigenvalue weighted by Crippen LogP contribution is -2.42. The summed E-state index contributed by atoms with van der Waals surface area (Å²) in [6, 6.07) is -2.56. The Bertz CT molecular complexity index is 227. The van der Waals surface area contributed by atoms with Crippen molar-refractivity contribution in [1.82, 2.24) is 0 Å². The fraction of sp³-hybridized carbons (Fsp3) is 1.00. The van der Waals surface area contributed by atoms with Crippen LogP contribution in [0, 0.1) is 0 Å². The van der Waals surface area contributed by atoms with Crippen molar-refractivity contribution < 1.29 is 31.8 Å². The fourth-order valence-corrected chi connectivity index (χ4v) is 1.23. The smallest absolute Gasteiger partial charge is 0.315 e. The first kappa shape index (κ1) is 11.7. The molecule has 1 saturated heterocycles. The molecule has 1 aliphatic rings. The second kappa shape index (κ2) is 3.04. The van der Waals surface area contributed by atoms with Crippen LogP contribution in [0.4, 0.5) is 17.6 Å². The maximum Gasteiger partial charge on any atom is 0.525 e. The summed E-state index contributed by atoms with van der Waals surface area (Å²) in [5, 5.41) is 0. The molecule has 3 atom stereocenters. The Morgan fingerprint density at radius 1 is 1.29 bits per heavy atom. The molecule has 1 heterocycles. The Morgan fingerprint density at radius 3 is 2.07 bits per heavy atom. The number of hydrogen-bond donors (Lipinski definition) is 0. The van der Waals surface area contributed by atoms with Gasteiger partial charge in [-0.3, -0.25) is 9.47 Å². The van der Waals surface area contributed by atoms with Gasteiger partial charge in [0, 0.05) is 6.92 Å². The molecule has 0 saturated carbocycles. The normalized spacial score (nSPS) is 44.4. The van der Waals surface area contributed by atoms with E-state index in [1.807, 2.05) is 0 Å². The van der Waals surface area contributed by atoms with E-state index in [1.165, 1.54) is 6.92 Å². The Morgan fingerprint density at radius 2 is 1.79 bits per heavy atom. The topological polar surface area (TPSA) is 27.7 Å². The third kappa shape index (κ3) is 2.55. The van der Waals surface area contributed by atoms with Gasteiger partial charge < -0.3 is 4.74 Å². The lowest BCUT2D eigenvalue weighted by Gasteiger charge is -2.27. The van der Waals surface area contributed by atoms with E-state index in [1.54, 1.807) is 0 Å². The molecule has 2 unspecified atom stereocenters.